The van der Waals surface area contributed by atoms with E-state index in [9.17, 15) is 4.79 Å². The first-order chi connectivity index (χ1) is 8.75. The van der Waals surface area contributed by atoms with E-state index in [-0.39, 0.29) is 11.9 Å². The first-order valence-electron chi connectivity index (χ1n) is 6.73. The third kappa shape index (κ3) is 2.19. The number of hydrogen-bond acceptors (Lipinski definition) is 2. The summed E-state index contributed by atoms with van der Waals surface area (Å²) in [4.78, 5) is 14.3. The highest BCUT2D eigenvalue weighted by molar-refractivity contribution is 5.80. The number of carbonyl (C=O) groups is 1. The number of allylic oxidation sites excluding steroid dienone is 1. The largest absolute Gasteiger partial charge is 0.340 e. The van der Waals surface area contributed by atoms with Gasteiger partial charge in [-0.1, -0.05) is 11.1 Å². The second-order valence-corrected chi connectivity index (χ2v) is 5.19. The first-order valence-corrected chi connectivity index (χ1v) is 6.73. The standard InChI is InChI=1S/C14H19N3O/c1-11(17-8-2-7-15-17)14(18)16-9-5-13(6-10-16)12-3-4-12/h2,7-8,11H,3-6,9-10H2,1H3. The Bertz CT molecular complexity index is 459. The number of piperidine rings is 1. The number of rotatable bonds is 2. The lowest BCUT2D eigenvalue weighted by molar-refractivity contribution is -0.135. The van der Waals surface area contributed by atoms with Gasteiger partial charge in [0.2, 0.25) is 5.91 Å². The third-order valence-corrected chi connectivity index (χ3v) is 3.96. The van der Waals surface area contributed by atoms with Gasteiger partial charge in [-0.3, -0.25) is 9.48 Å². The van der Waals surface area contributed by atoms with E-state index in [1.807, 2.05) is 24.1 Å². The van der Waals surface area contributed by atoms with Crippen LogP contribution >= 0.6 is 0 Å². The molecule has 0 aromatic carbocycles. The molecule has 1 unspecified atom stereocenters. The summed E-state index contributed by atoms with van der Waals surface area (Å²) in [5.41, 5.74) is 3.27. The van der Waals surface area contributed by atoms with Crippen LogP contribution < -0.4 is 0 Å². The molecule has 4 nitrogen and oxygen atoms in total. The molecule has 1 aliphatic carbocycles. The number of aromatic nitrogens is 2. The van der Waals surface area contributed by atoms with Crippen molar-refractivity contribution in [3.8, 4) is 0 Å². The topological polar surface area (TPSA) is 38.1 Å². The van der Waals surface area contributed by atoms with Gasteiger partial charge in [0.05, 0.1) is 0 Å². The van der Waals surface area contributed by atoms with Gasteiger partial charge in [0, 0.05) is 25.5 Å². The molecule has 3 rings (SSSR count). The van der Waals surface area contributed by atoms with Gasteiger partial charge in [-0.15, -0.1) is 0 Å². The summed E-state index contributed by atoms with van der Waals surface area (Å²) in [7, 11) is 0. The van der Waals surface area contributed by atoms with Crippen molar-refractivity contribution < 1.29 is 4.79 Å². The molecule has 0 N–H and O–H groups in total. The predicted molar refractivity (Wildman–Crippen MR) is 69.0 cm³/mol. The van der Waals surface area contributed by atoms with E-state index in [2.05, 4.69) is 5.10 Å². The van der Waals surface area contributed by atoms with E-state index in [4.69, 9.17) is 0 Å². The summed E-state index contributed by atoms with van der Waals surface area (Å²) in [5, 5.41) is 4.15. The molecule has 2 heterocycles. The van der Waals surface area contributed by atoms with Crippen molar-refractivity contribution in [3.05, 3.63) is 29.6 Å². The van der Waals surface area contributed by atoms with Gasteiger partial charge in [0.1, 0.15) is 6.04 Å². The zero-order chi connectivity index (χ0) is 12.5. The van der Waals surface area contributed by atoms with Crippen LogP contribution in [0.2, 0.25) is 0 Å². The molecule has 1 aromatic rings. The molecule has 1 saturated heterocycles. The van der Waals surface area contributed by atoms with Crippen LogP contribution in [0.5, 0.6) is 0 Å². The third-order valence-electron chi connectivity index (χ3n) is 3.96. The molecule has 0 bridgehead atoms. The second-order valence-electron chi connectivity index (χ2n) is 5.19. The molecule has 1 aromatic heterocycles. The average Bonchev–Trinajstić information content (AvgIpc) is 3.12. The van der Waals surface area contributed by atoms with E-state index < -0.39 is 0 Å². The quantitative estimate of drug-likeness (QED) is 0.749. The SMILES string of the molecule is CC(C(=O)N1CCC(=C2CC2)CC1)n1cccn1. The molecule has 0 radical (unpaired) electrons. The Labute approximate surface area is 107 Å². The van der Waals surface area contributed by atoms with Crippen molar-refractivity contribution in [2.24, 2.45) is 0 Å². The number of amides is 1. The van der Waals surface area contributed by atoms with Crippen LogP contribution in [0, 0.1) is 0 Å². The zero-order valence-electron chi connectivity index (χ0n) is 10.8. The summed E-state index contributed by atoms with van der Waals surface area (Å²) < 4.78 is 1.73. The fourth-order valence-corrected chi connectivity index (χ4v) is 2.65. The van der Waals surface area contributed by atoms with Crippen molar-refractivity contribution in [2.45, 2.75) is 38.6 Å². The highest BCUT2D eigenvalue weighted by Crippen LogP contribution is 2.36. The van der Waals surface area contributed by atoms with Gasteiger partial charge in [0.25, 0.3) is 0 Å². The molecule has 96 valence electrons. The molecule has 18 heavy (non-hydrogen) atoms. The summed E-state index contributed by atoms with van der Waals surface area (Å²) in [6, 6.07) is 1.67. The Hall–Kier alpha value is -1.58. The van der Waals surface area contributed by atoms with E-state index >= 15 is 0 Å². The lowest BCUT2D eigenvalue weighted by Gasteiger charge is -2.30. The lowest BCUT2D eigenvalue weighted by Crippen LogP contribution is -2.40. The van der Waals surface area contributed by atoms with Gasteiger partial charge in [-0.05, 0) is 38.7 Å². The Morgan fingerprint density at radius 2 is 1.89 bits per heavy atom. The molecule has 1 atom stereocenters. The van der Waals surface area contributed by atoms with E-state index in [0.717, 1.165) is 25.9 Å². The monoisotopic (exact) mass is 245 g/mol. The van der Waals surface area contributed by atoms with Crippen LogP contribution in [-0.2, 0) is 4.79 Å². The first kappa shape index (κ1) is 11.5. The summed E-state index contributed by atoms with van der Waals surface area (Å²) in [6.07, 6.45) is 8.32. The van der Waals surface area contributed by atoms with Crippen LogP contribution in [0.1, 0.15) is 38.6 Å². The molecule has 1 saturated carbocycles. The number of likely N-dealkylation sites (tertiary alicyclic amines) is 1. The lowest BCUT2D eigenvalue weighted by atomic mass is 10.0. The highest BCUT2D eigenvalue weighted by atomic mass is 16.2. The zero-order valence-corrected chi connectivity index (χ0v) is 10.8. The number of hydrogen-bond donors (Lipinski definition) is 0. The Morgan fingerprint density at radius 1 is 1.22 bits per heavy atom. The van der Waals surface area contributed by atoms with Gasteiger partial charge in [-0.2, -0.15) is 5.10 Å². The fourth-order valence-electron chi connectivity index (χ4n) is 2.65. The van der Waals surface area contributed by atoms with E-state index in [1.165, 1.54) is 12.8 Å². The van der Waals surface area contributed by atoms with Crippen molar-refractivity contribution in [1.29, 1.82) is 0 Å². The minimum absolute atomic E-state index is 0.185. The summed E-state index contributed by atoms with van der Waals surface area (Å²) in [5.74, 6) is 0.193. The van der Waals surface area contributed by atoms with Crippen molar-refractivity contribution in [2.75, 3.05) is 13.1 Å². The molecule has 1 amide bonds. The highest BCUT2D eigenvalue weighted by Gasteiger charge is 2.27. The van der Waals surface area contributed by atoms with Gasteiger partial charge in [-0.25, -0.2) is 0 Å². The minimum Gasteiger partial charge on any atom is -0.340 e. The molecular weight excluding hydrogens is 226 g/mol. The average molecular weight is 245 g/mol. The maximum atomic E-state index is 12.3. The normalized spacial score (nSPS) is 21.1. The van der Waals surface area contributed by atoms with Crippen LogP contribution in [0.3, 0.4) is 0 Å². The van der Waals surface area contributed by atoms with Crippen LogP contribution in [0.25, 0.3) is 0 Å². The summed E-state index contributed by atoms with van der Waals surface area (Å²) >= 11 is 0. The van der Waals surface area contributed by atoms with Crippen LogP contribution in [0.15, 0.2) is 29.6 Å². The maximum absolute atomic E-state index is 12.3. The van der Waals surface area contributed by atoms with Gasteiger partial charge in [0.15, 0.2) is 0 Å². The Morgan fingerprint density at radius 3 is 2.44 bits per heavy atom. The number of nitrogens with zero attached hydrogens (tertiary/aromatic N) is 3. The Balaban J connectivity index is 1.62. The minimum atomic E-state index is -0.185. The van der Waals surface area contributed by atoms with Crippen LogP contribution in [-0.4, -0.2) is 33.7 Å². The maximum Gasteiger partial charge on any atom is 0.247 e. The molecule has 0 spiro atoms. The van der Waals surface area contributed by atoms with Crippen molar-refractivity contribution in [1.82, 2.24) is 14.7 Å². The summed E-state index contributed by atoms with van der Waals surface area (Å²) in [6.45, 7) is 3.68. The number of carbonyl (C=O) groups excluding carboxylic acids is 1. The molecule has 2 aliphatic rings. The van der Waals surface area contributed by atoms with E-state index in [0.29, 0.717) is 0 Å². The van der Waals surface area contributed by atoms with Crippen molar-refractivity contribution >= 4 is 5.91 Å². The molecule has 4 heteroatoms. The van der Waals surface area contributed by atoms with E-state index in [1.54, 1.807) is 22.0 Å². The van der Waals surface area contributed by atoms with Gasteiger partial charge < -0.3 is 4.90 Å². The van der Waals surface area contributed by atoms with Crippen LogP contribution in [0.4, 0.5) is 0 Å². The van der Waals surface area contributed by atoms with Gasteiger partial charge >= 0.3 is 0 Å². The molecular formula is C14H19N3O. The smallest absolute Gasteiger partial charge is 0.247 e. The molecule has 1 aliphatic heterocycles. The second kappa shape index (κ2) is 4.59. The Kier molecular flexibility index (Phi) is 2.94. The van der Waals surface area contributed by atoms with Crippen molar-refractivity contribution in [3.63, 3.8) is 0 Å². The predicted octanol–water partition coefficient (Wildman–Crippen LogP) is 2.16. The fraction of sp³-hybridized carbons (Fsp3) is 0.571. The molecule has 2 fully saturated rings.